The Morgan fingerprint density at radius 2 is 1.90 bits per heavy atom. The number of carbonyl (C=O) groups excluding carboxylic acids is 1. The molecule has 0 unspecified atom stereocenters. The van der Waals surface area contributed by atoms with Crippen LogP contribution in [0.4, 0.5) is 0 Å². The van der Waals surface area contributed by atoms with E-state index in [-0.39, 0.29) is 5.91 Å². The molecule has 0 atom stereocenters. The predicted octanol–water partition coefficient (Wildman–Crippen LogP) is 4.67. The van der Waals surface area contributed by atoms with Gasteiger partial charge in [-0.05, 0) is 65.8 Å². The number of tetrazole rings is 1. The monoisotopic (exact) mass is 603 g/mol. The number of thioether (sulfide) groups is 1. The van der Waals surface area contributed by atoms with Crippen LogP contribution in [0.15, 0.2) is 53.6 Å². The summed E-state index contributed by atoms with van der Waals surface area (Å²) in [4.78, 5) is 21.3. The number of hydrogen-bond acceptors (Lipinski definition) is 9. The van der Waals surface area contributed by atoms with Crippen molar-refractivity contribution in [3.05, 3.63) is 65.0 Å². The van der Waals surface area contributed by atoms with E-state index in [0.29, 0.717) is 28.2 Å². The van der Waals surface area contributed by atoms with Crippen molar-refractivity contribution in [1.29, 1.82) is 0 Å². The van der Waals surface area contributed by atoms with E-state index < -0.39 is 0 Å². The maximum Gasteiger partial charge on any atom is 0.266 e. The van der Waals surface area contributed by atoms with Crippen molar-refractivity contribution >= 4 is 51.2 Å². The number of nitrogens with one attached hydrogen (secondary N) is 2. The number of unbranched alkanes of at least 4 members (excludes halogenated alkanes) is 2. The number of aromatic nitrogens is 5. The number of aromatic amines is 2. The van der Waals surface area contributed by atoms with Gasteiger partial charge in [0.05, 0.1) is 18.1 Å². The van der Waals surface area contributed by atoms with Gasteiger partial charge >= 0.3 is 0 Å². The standard InChI is InChI=1S/C30H33N7O3S2/c38-29-27(42-30(41)37(29)11-3-1-2-4-28-32-34-35-33-28)20-24-19-22(21-5-7-25-23(18-21)9-10-31-25)6-8-26(24)40-17-14-36-12-15-39-16-13-36/h5-10,18-20,31H,1-4,11-17H2,(H,32,33,34,35)/b27-20-. The van der Waals surface area contributed by atoms with Gasteiger partial charge in [-0.2, -0.15) is 5.21 Å². The van der Waals surface area contributed by atoms with Gasteiger partial charge < -0.3 is 14.5 Å². The predicted molar refractivity (Wildman–Crippen MR) is 168 cm³/mol. The molecular formula is C30H33N7O3S2. The number of carbonyl (C=O) groups is 1. The summed E-state index contributed by atoms with van der Waals surface area (Å²) >= 11 is 6.97. The summed E-state index contributed by atoms with van der Waals surface area (Å²) in [7, 11) is 0. The van der Waals surface area contributed by atoms with Crippen LogP contribution >= 0.6 is 24.0 Å². The number of fused-ring (bicyclic) bond motifs is 1. The molecule has 2 saturated heterocycles. The number of nitrogens with zero attached hydrogens (tertiary/aromatic N) is 5. The van der Waals surface area contributed by atoms with Crippen LogP contribution in [0.5, 0.6) is 5.75 Å². The smallest absolute Gasteiger partial charge is 0.266 e. The van der Waals surface area contributed by atoms with Crippen molar-refractivity contribution in [2.75, 3.05) is 46.0 Å². The minimum atomic E-state index is -0.0541. The maximum absolute atomic E-state index is 13.4. The molecule has 0 bridgehead atoms. The molecule has 2 fully saturated rings. The Bertz CT molecular complexity index is 1560. The van der Waals surface area contributed by atoms with Crippen molar-refractivity contribution in [3.8, 4) is 16.9 Å². The number of hydrogen-bond donors (Lipinski definition) is 2. The highest BCUT2D eigenvalue weighted by Crippen LogP contribution is 2.36. The van der Waals surface area contributed by atoms with Crippen LogP contribution in [0.25, 0.3) is 28.1 Å². The van der Waals surface area contributed by atoms with E-state index in [9.17, 15) is 4.79 Å². The molecule has 0 radical (unpaired) electrons. The van der Waals surface area contributed by atoms with Gasteiger partial charge in [0, 0.05) is 49.9 Å². The van der Waals surface area contributed by atoms with Gasteiger partial charge in [0.25, 0.3) is 5.91 Å². The van der Waals surface area contributed by atoms with E-state index in [1.807, 2.05) is 18.3 Å². The Balaban J connectivity index is 1.17. The fraction of sp³-hybridized carbons (Fsp3) is 0.367. The first-order valence-corrected chi connectivity index (χ1v) is 15.5. The Hall–Kier alpha value is -3.58. The molecule has 0 spiro atoms. The number of amides is 1. The fourth-order valence-electron chi connectivity index (χ4n) is 5.17. The van der Waals surface area contributed by atoms with Crippen molar-refractivity contribution in [2.45, 2.75) is 25.7 Å². The Morgan fingerprint density at radius 3 is 2.76 bits per heavy atom. The molecule has 12 heteroatoms. The van der Waals surface area contributed by atoms with Crippen molar-refractivity contribution < 1.29 is 14.3 Å². The number of rotatable bonds is 12. The quantitative estimate of drug-likeness (QED) is 0.136. The topological polar surface area (TPSA) is 112 Å². The lowest BCUT2D eigenvalue weighted by molar-refractivity contribution is -0.122. The second kappa shape index (κ2) is 13.6. The molecule has 1 amide bonds. The van der Waals surface area contributed by atoms with Crippen molar-refractivity contribution in [2.24, 2.45) is 0 Å². The van der Waals surface area contributed by atoms with Crippen molar-refractivity contribution in [3.63, 3.8) is 0 Å². The van der Waals surface area contributed by atoms with Gasteiger partial charge in [-0.1, -0.05) is 47.7 Å². The summed E-state index contributed by atoms with van der Waals surface area (Å²) in [5.74, 6) is 1.41. The number of aryl methyl sites for hydroxylation is 1. The molecule has 218 valence electrons. The van der Waals surface area contributed by atoms with E-state index >= 15 is 0 Å². The van der Waals surface area contributed by atoms with E-state index in [4.69, 9.17) is 21.7 Å². The zero-order chi connectivity index (χ0) is 28.7. The molecular weight excluding hydrogens is 571 g/mol. The molecule has 2 aromatic carbocycles. The largest absolute Gasteiger partial charge is 0.492 e. The molecule has 10 nitrogen and oxygen atoms in total. The third-order valence-corrected chi connectivity index (χ3v) is 8.87. The van der Waals surface area contributed by atoms with Gasteiger partial charge in [0.1, 0.15) is 16.7 Å². The van der Waals surface area contributed by atoms with Crippen LogP contribution in [0, 0.1) is 0 Å². The summed E-state index contributed by atoms with van der Waals surface area (Å²) in [6, 6.07) is 14.6. The van der Waals surface area contributed by atoms with Crippen LogP contribution in [0.3, 0.4) is 0 Å². The van der Waals surface area contributed by atoms with Crippen LogP contribution in [-0.2, 0) is 16.0 Å². The molecule has 0 saturated carbocycles. The first kappa shape index (κ1) is 28.5. The number of thiocarbonyl (C=S) groups is 1. The zero-order valence-corrected chi connectivity index (χ0v) is 24.9. The summed E-state index contributed by atoms with van der Waals surface area (Å²) < 4.78 is 12.3. The minimum absolute atomic E-state index is 0.0541. The Morgan fingerprint density at radius 1 is 1.05 bits per heavy atom. The van der Waals surface area contributed by atoms with Crippen molar-refractivity contribution in [1.82, 2.24) is 35.4 Å². The first-order chi connectivity index (χ1) is 20.6. The molecule has 2 aliphatic heterocycles. The normalized spacial score (nSPS) is 17.1. The average molecular weight is 604 g/mol. The molecule has 6 rings (SSSR count). The Kier molecular flexibility index (Phi) is 9.24. The van der Waals surface area contributed by atoms with Crippen LogP contribution in [0.1, 0.15) is 30.7 Å². The van der Waals surface area contributed by atoms with E-state index in [0.717, 1.165) is 91.9 Å². The Labute approximate surface area is 253 Å². The number of benzene rings is 2. The summed E-state index contributed by atoms with van der Waals surface area (Å²) in [6.45, 7) is 5.31. The third kappa shape index (κ3) is 6.89. The SMILES string of the molecule is O=C1/C(=C/c2cc(-c3ccc4[nH]ccc4c3)ccc2OCCN2CCOCC2)SC(=S)N1CCCCCc1nn[nH]n1. The van der Waals surface area contributed by atoms with Gasteiger partial charge in [-0.3, -0.25) is 14.6 Å². The molecule has 2 N–H and O–H groups in total. The molecule has 0 aliphatic carbocycles. The minimum Gasteiger partial charge on any atom is -0.492 e. The van der Waals surface area contributed by atoms with E-state index in [1.165, 1.54) is 11.8 Å². The molecule has 2 aliphatic rings. The molecule has 4 heterocycles. The highest BCUT2D eigenvalue weighted by Gasteiger charge is 2.31. The summed E-state index contributed by atoms with van der Waals surface area (Å²) in [5, 5.41) is 15.2. The average Bonchev–Trinajstić information content (AvgIpc) is 3.76. The van der Waals surface area contributed by atoms with Gasteiger partial charge in [0.15, 0.2) is 5.82 Å². The highest BCUT2D eigenvalue weighted by molar-refractivity contribution is 8.26. The molecule has 42 heavy (non-hydrogen) atoms. The van der Waals surface area contributed by atoms with Crippen LogP contribution < -0.4 is 4.74 Å². The molecule has 2 aromatic heterocycles. The zero-order valence-electron chi connectivity index (χ0n) is 23.3. The maximum atomic E-state index is 13.4. The second-order valence-electron chi connectivity index (χ2n) is 10.3. The number of ether oxygens (including phenoxy) is 2. The number of H-pyrrole nitrogens is 2. The van der Waals surface area contributed by atoms with Gasteiger partial charge in [0.2, 0.25) is 0 Å². The first-order valence-electron chi connectivity index (χ1n) is 14.3. The summed E-state index contributed by atoms with van der Waals surface area (Å²) in [6.07, 6.45) is 7.36. The van der Waals surface area contributed by atoms with E-state index in [1.54, 1.807) is 4.90 Å². The fourth-order valence-corrected chi connectivity index (χ4v) is 6.47. The lowest BCUT2D eigenvalue weighted by Gasteiger charge is -2.26. The lowest BCUT2D eigenvalue weighted by atomic mass is 10.0. The third-order valence-electron chi connectivity index (χ3n) is 7.50. The highest BCUT2D eigenvalue weighted by atomic mass is 32.2. The van der Waals surface area contributed by atoms with E-state index in [2.05, 4.69) is 66.9 Å². The molecule has 4 aromatic rings. The van der Waals surface area contributed by atoms with Gasteiger partial charge in [-0.15, -0.1) is 10.2 Å². The van der Waals surface area contributed by atoms with Gasteiger partial charge in [-0.25, -0.2) is 0 Å². The van der Waals surface area contributed by atoms with Crippen LogP contribution in [0.2, 0.25) is 0 Å². The summed E-state index contributed by atoms with van der Waals surface area (Å²) in [5.41, 5.74) is 4.12. The number of morpholine rings is 1. The second-order valence-corrected chi connectivity index (χ2v) is 12.0. The lowest BCUT2D eigenvalue weighted by Crippen LogP contribution is -2.38. The van der Waals surface area contributed by atoms with Crippen LogP contribution in [-0.4, -0.2) is 91.6 Å².